The van der Waals surface area contributed by atoms with Crippen LogP contribution in [0.4, 0.5) is 0 Å². The molecule has 2 rings (SSSR count). The van der Waals surface area contributed by atoms with Gasteiger partial charge in [-0.1, -0.05) is 67.5 Å². The summed E-state index contributed by atoms with van der Waals surface area (Å²) in [6.07, 6.45) is 0.755. The molecule has 180 valence electrons. The molecule has 0 aromatic heterocycles. The Morgan fingerprint density at radius 2 is 1.36 bits per heavy atom. The number of carbonyl (C=O) groups excluding carboxylic acids is 2. The molecule has 0 unspecified atom stereocenters. The van der Waals surface area contributed by atoms with Crippen molar-refractivity contribution in [2.75, 3.05) is 6.54 Å². The molecule has 1 amide bonds. The van der Waals surface area contributed by atoms with Gasteiger partial charge in [0.2, 0.25) is 0 Å². The zero-order valence-corrected chi connectivity index (χ0v) is 21.6. The minimum atomic E-state index is -0.396. The molecule has 2 aromatic rings. The van der Waals surface area contributed by atoms with Crippen LogP contribution in [0.5, 0.6) is 11.5 Å². The zero-order valence-electron chi connectivity index (χ0n) is 21.6. The van der Waals surface area contributed by atoms with E-state index in [1.54, 1.807) is 24.3 Å². The molecule has 0 aliphatic rings. The predicted octanol–water partition coefficient (Wildman–Crippen LogP) is 5.91. The van der Waals surface area contributed by atoms with Crippen molar-refractivity contribution in [2.24, 2.45) is 5.41 Å². The second-order valence-corrected chi connectivity index (χ2v) is 11.7. The quantitative estimate of drug-likeness (QED) is 0.421. The molecule has 0 atom stereocenters. The Morgan fingerprint density at radius 1 is 0.879 bits per heavy atom. The summed E-state index contributed by atoms with van der Waals surface area (Å²) in [5.74, 6) is 0.222. The van der Waals surface area contributed by atoms with Gasteiger partial charge in [-0.15, -0.1) is 0 Å². The van der Waals surface area contributed by atoms with E-state index in [2.05, 4.69) is 72.8 Å². The van der Waals surface area contributed by atoms with Crippen molar-refractivity contribution in [1.29, 1.82) is 0 Å². The van der Waals surface area contributed by atoms with Gasteiger partial charge in [-0.05, 0) is 63.6 Å². The van der Waals surface area contributed by atoms with Crippen LogP contribution in [0.15, 0.2) is 36.4 Å². The molecule has 0 radical (unpaired) electrons. The summed E-state index contributed by atoms with van der Waals surface area (Å²) in [5, 5.41) is 14.0. The van der Waals surface area contributed by atoms with E-state index in [9.17, 15) is 14.7 Å². The number of phenols is 1. The van der Waals surface area contributed by atoms with Crippen LogP contribution in [-0.2, 0) is 22.0 Å². The van der Waals surface area contributed by atoms with Gasteiger partial charge in [0.1, 0.15) is 11.5 Å². The van der Waals surface area contributed by atoms with E-state index in [4.69, 9.17) is 4.74 Å². The number of rotatable bonds is 6. The highest BCUT2D eigenvalue weighted by Crippen LogP contribution is 2.40. The van der Waals surface area contributed by atoms with Crippen molar-refractivity contribution in [3.8, 4) is 11.5 Å². The second-order valence-electron chi connectivity index (χ2n) is 11.7. The molecule has 0 aliphatic heterocycles. The first-order chi connectivity index (χ1) is 15.0. The van der Waals surface area contributed by atoms with Gasteiger partial charge in [-0.3, -0.25) is 9.59 Å². The first-order valence-corrected chi connectivity index (χ1v) is 11.4. The third kappa shape index (κ3) is 7.34. The number of esters is 1. The summed E-state index contributed by atoms with van der Waals surface area (Å²) in [6.45, 7) is 18.7. The number of ether oxygens (including phenoxy) is 1. The summed E-state index contributed by atoms with van der Waals surface area (Å²) in [5.41, 5.74) is 2.97. The number of aromatic hydroxyl groups is 1. The molecule has 5 nitrogen and oxygen atoms in total. The Bertz CT molecular complexity index is 971. The van der Waals surface area contributed by atoms with E-state index in [1.807, 2.05) is 0 Å². The molecule has 2 N–H and O–H groups in total. The molecule has 0 spiro atoms. The average Bonchev–Trinajstić information content (AvgIpc) is 2.65. The van der Waals surface area contributed by atoms with Crippen LogP contribution in [0.25, 0.3) is 0 Å². The zero-order chi connectivity index (χ0) is 25.2. The maximum Gasteiger partial charge on any atom is 0.308 e. The van der Waals surface area contributed by atoms with Gasteiger partial charge in [-0.2, -0.15) is 0 Å². The topological polar surface area (TPSA) is 75.6 Å². The summed E-state index contributed by atoms with van der Waals surface area (Å²) in [6, 6.07) is 10.7. The Kier molecular flexibility index (Phi) is 7.67. The fourth-order valence-corrected chi connectivity index (χ4v) is 3.82. The van der Waals surface area contributed by atoms with Gasteiger partial charge in [0.15, 0.2) is 0 Å². The molecule has 2 aromatic carbocycles. The van der Waals surface area contributed by atoms with Crippen LogP contribution < -0.4 is 10.1 Å². The van der Waals surface area contributed by atoms with Gasteiger partial charge in [0, 0.05) is 19.0 Å². The summed E-state index contributed by atoms with van der Waals surface area (Å²) in [7, 11) is 0. The lowest BCUT2D eigenvalue weighted by atomic mass is 9.76. The van der Waals surface area contributed by atoms with Crippen LogP contribution in [0.1, 0.15) is 89.4 Å². The van der Waals surface area contributed by atoms with E-state index in [0.717, 1.165) is 23.1 Å². The summed E-state index contributed by atoms with van der Waals surface area (Å²) < 4.78 is 5.02. The minimum Gasteiger partial charge on any atom is -0.507 e. The van der Waals surface area contributed by atoms with Gasteiger partial charge < -0.3 is 15.2 Å². The molecule has 5 heteroatoms. The number of carbonyl (C=O) groups is 2. The third-order valence-corrected chi connectivity index (χ3v) is 5.57. The number of benzene rings is 2. The van der Waals surface area contributed by atoms with E-state index in [0.29, 0.717) is 23.6 Å². The first kappa shape index (κ1) is 26.4. The highest BCUT2D eigenvalue weighted by atomic mass is 16.5. The second kappa shape index (κ2) is 9.58. The Balaban J connectivity index is 2.18. The van der Waals surface area contributed by atoms with Crippen LogP contribution in [-0.4, -0.2) is 23.5 Å². The highest BCUT2D eigenvalue weighted by Gasteiger charge is 2.28. The molecular weight excluding hydrogens is 414 g/mol. The van der Waals surface area contributed by atoms with Crippen LogP contribution in [0, 0.1) is 5.41 Å². The van der Waals surface area contributed by atoms with E-state index < -0.39 is 5.97 Å². The molecular formula is C28H39NO4. The lowest BCUT2D eigenvalue weighted by Crippen LogP contribution is -2.35. The monoisotopic (exact) mass is 453 g/mol. The third-order valence-electron chi connectivity index (χ3n) is 5.57. The number of amides is 1. The fourth-order valence-electron chi connectivity index (χ4n) is 3.82. The lowest BCUT2D eigenvalue weighted by molar-refractivity contribution is -0.131. The number of hydrogen-bond acceptors (Lipinski definition) is 4. The van der Waals surface area contributed by atoms with E-state index >= 15 is 0 Å². The number of nitrogens with one attached hydrogen (secondary N) is 1. The molecule has 0 saturated heterocycles. The lowest BCUT2D eigenvalue weighted by Gasteiger charge is -2.31. The predicted molar refractivity (Wildman–Crippen MR) is 133 cm³/mol. The first-order valence-electron chi connectivity index (χ1n) is 11.4. The molecule has 0 saturated carbocycles. The normalized spacial score (nSPS) is 12.4. The maximum absolute atomic E-state index is 12.6. The van der Waals surface area contributed by atoms with Crippen molar-refractivity contribution in [2.45, 2.75) is 79.6 Å². The van der Waals surface area contributed by atoms with Crippen molar-refractivity contribution < 1.29 is 19.4 Å². The molecule has 0 fully saturated rings. The molecule has 0 heterocycles. The standard InChI is InChI=1S/C28H39NO4/c1-18(30)33-21-12-10-20(11-13-21)25(32)29-17-28(8,9)16-19-14-22(26(2,3)4)24(31)23(15-19)27(5,6)7/h10-15,31H,16-17H2,1-9H3,(H,29,32). The Hall–Kier alpha value is -2.82. The van der Waals surface area contributed by atoms with Gasteiger partial charge in [-0.25, -0.2) is 0 Å². The minimum absolute atomic E-state index is 0.172. The van der Waals surface area contributed by atoms with Crippen LogP contribution >= 0.6 is 0 Å². The molecule has 0 bridgehead atoms. The van der Waals surface area contributed by atoms with Crippen LogP contribution in [0.3, 0.4) is 0 Å². The largest absolute Gasteiger partial charge is 0.507 e. The smallest absolute Gasteiger partial charge is 0.308 e. The number of hydrogen-bond donors (Lipinski definition) is 2. The van der Waals surface area contributed by atoms with E-state index in [-0.39, 0.29) is 22.2 Å². The SMILES string of the molecule is CC(=O)Oc1ccc(C(=O)NCC(C)(C)Cc2cc(C(C)(C)C)c(O)c(C(C)(C)C)c2)cc1. The Labute approximate surface area is 198 Å². The van der Waals surface area contributed by atoms with Crippen molar-refractivity contribution in [3.63, 3.8) is 0 Å². The van der Waals surface area contributed by atoms with Crippen molar-refractivity contribution in [3.05, 3.63) is 58.7 Å². The molecule has 0 aliphatic carbocycles. The summed E-state index contributed by atoms with van der Waals surface area (Å²) >= 11 is 0. The number of phenolic OH excluding ortho intramolecular Hbond substituents is 1. The molecule has 33 heavy (non-hydrogen) atoms. The highest BCUT2D eigenvalue weighted by molar-refractivity contribution is 5.94. The summed E-state index contributed by atoms with van der Waals surface area (Å²) in [4.78, 5) is 23.7. The fraction of sp³-hybridized carbons (Fsp3) is 0.500. The average molecular weight is 454 g/mol. The van der Waals surface area contributed by atoms with Crippen molar-refractivity contribution >= 4 is 11.9 Å². The van der Waals surface area contributed by atoms with E-state index in [1.165, 1.54) is 6.92 Å². The Morgan fingerprint density at radius 3 is 1.79 bits per heavy atom. The van der Waals surface area contributed by atoms with Crippen molar-refractivity contribution in [1.82, 2.24) is 5.32 Å². The maximum atomic E-state index is 12.6. The van der Waals surface area contributed by atoms with Crippen LogP contribution in [0.2, 0.25) is 0 Å². The van der Waals surface area contributed by atoms with Gasteiger partial charge in [0.25, 0.3) is 5.91 Å². The van der Waals surface area contributed by atoms with Gasteiger partial charge in [0.05, 0.1) is 0 Å². The van der Waals surface area contributed by atoms with Gasteiger partial charge >= 0.3 is 5.97 Å².